The van der Waals surface area contributed by atoms with Crippen LogP contribution in [-0.2, 0) is 0 Å². The number of amides is 1. The van der Waals surface area contributed by atoms with Crippen molar-refractivity contribution in [3.63, 3.8) is 0 Å². The average Bonchev–Trinajstić information content (AvgIpc) is 2.69. The third-order valence-corrected chi connectivity index (χ3v) is 5.42. The van der Waals surface area contributed by atoms with E-state index in [1.165, 1.54) is 20.0 Å². The minimum atomic E-state index is -0.327. The fourth-order valence-corrected chi connectivity index (χ4v) is 3.70. The van der Waals surface area contributed by atoms with Gasteiger partial charge in [0.15, 0.2) is 5.11 Å². The first-order valence-corrected chi connectivity index (χ1v) is 10.1. The molecule has 2 N–H and O–H groups in total. The van der Waals surface area contributed by atoms with Gasteiger partial charge in [-0.3, -0.25) is 10.1 Å². The van der Waals surface area contributed by atoms with Gasteiger partial charge in [0.1, 0.15) is 5.75 Å². The molecule has 0 aromatic heterocycles. The molecule has 148 valence electrons. The molecule has 0 spiro atoms. The Balaban J connectivity index is 1.66. The number of carbonyl (C=O) groups is 1. The minimum absolute atomic E-state index is 0.245. The number of benzene rings is 2. The van der Waals surface area contributed by atoms with Crippen molar-refractivity contribution >= 4 is 46.2 Å². The van der Waals surface area contributed by atoms with Gasteiger partial charge >= 0.3 is 0 Å². The number of nitrogens with zero attached hydrogens (tertiary/aromatic N) is 1. The lowest BCUT2D eigenvalue weighted by atomic mass is 9.98. The van der Waals surface area contributed by atoms with Gasteiger partial charge in [-0.1, -0.05) is 30.7 Å². The Morgan fingerprint density at radius 2 is 1.93 bits per heavy atom. The van der Waals surface area contributed by atoms with Crippen molar-refractivity contribution in [3.05, 3.63) is 53.1 Å². The molecule has 7 heteroatoms. The highest BCUT2D eigenvalue weighted by molar-refractivity contribution is 7.80. The number of rotatable bonds is 4. The van der Waals surface area contributed by atoms with Crippen molar-refractivity contribution in [1.82, 2.24) is 5.32 Å². The van der Waals surface area contributed by atoms with Crippen LogP contribution in [0.4, 0.5) is 11.4 Å². The van der Waals surface area contributed by atoms with Crippen LogP contribution in [-0.4, -0.2) is 31.2 Å². The Kier molecular flexibility index (Phi) is 6.75. The van der Waals surface area contributed by atoms with Crippen LogP contribution in [0, 0.1) is 5.92 Å². The number of hydrogen-bond acceptors (Lipinski definition) is 4. The van der Waals surface area contributed by atoms with E-state index >= 15 is 0 Å². The Hall–Kier alpha value is -2.31. The van der Waals surface area contributed by atoms with Crippen molar-refractivity contribution in [2.75, 3.05) is 30.4 Å². The third-order valence-electron chi connectivity index (χ3n) is 4.92. The first-order chi connectivity index (χ1) is 13.5. The number of piperidine rings is 1. The number of methoxy groups -OCH3 is 1. The normalized spacial score (nSPS) is 14.5. The molecule has 1 aliphatic heterocycles. The Morgan fingerprint density at radius 1 is 1.21 bits per heavy atom. The van der Waals surface area contributed by atoms with Gasteiger partial charge in [-0.25, -0.2) is 0 Å². The van der Waals surface area contributed by atoms with Crippen LogP contribution in [0.1, 0.15) is 30.1 Å². The second kappa shape index (κ2) is 9.26. The molecular weight excluding hydrogens is 394 g/mol. The second-order valence-corrected chi connectivity index (χ2v) is 7.76. The zero-order valence-corrected chi connectivity index (χ0v) is 17.6. The van der Waals surface area contributed by atoms with Gasteiger partial charge in [0.25, 0.3) is 5.91 Å². The lowest BCUT2D eigenvalue weighted by Crippen LogP contribution is -2.36. The van der Waals surface area contributed by atoms with Gasteiger partial charge in [0, 0.05) is 18.7 Å². The molecule has 2 aromatic rings. The molecule has 5 nitrogen and oxygen atoms in total. The maximum atomic E-state index is 12.5. The van der Waals surface area contributed by atoms with Gasteiger partial charge in [-0.2, -0.15) is 0 Å². The molecule has 0 radical (unpaired) electrons. The van der Waals surface area contributed by atoms with Crippen LogP contribution < -0.4 is 20.3 Å². The van der Waals surface area contributed by atoms with Gasteiger partial charge in [0.05, 0.1) is 23.5 Å². The fourth-order valence-electron chi connectivity index (χ4n) is 3.24. The average molecular weight is 418 g/mol. The molecule has 3 rings (SSSR count). The Labute approximate surface area is 176 Å². The van der Waals surface area contributed by atoms with Gasteiger partial charge in [-0.05, 0) is 61.3 Å². The van der Waals surface area contributed by atoms with E-state index in [9.17, 15) is 4.79 Å². The SMILES string of the molecule is COc1ccc(C(=O)NC(=S)Nc2ccccc2N2CCC(C)CC2)cc1Cl. The maximum Gasteiger partial charge on any atom is 0.257 e. The topological polar surface area (TPSA) is 53.6 Å². The number of ether oxygens (including phenoxy) is 1. The Bertz CT molecular complexity index is 866. The monoisotopic (exact) mass is 417 g/mol. The number of para-hydroxylation sites is 2. The van der Waals surface area contributed by atoms with Crippen LogP contribution in [0.5, 0.6) is 5.75 Å². The summed E-state index contributed by atoms with van der Waals surface area (Å²) in [5.74, 6) is 0.947. The predicted molar refractivity (Wildman–Crippen MR) is 119 cm³/mol. The van der Waals surface area contributed by atoms with Gasteiger partial charge in [-0.15, -0.1) is 0 Å². The molecule has 0 unspecified atom stereocenters. The standard InChI is InChI=1S/C21H24ClN3O2S/c1-14-9-11-25(12-10-14)18-6-4-3-5-17(18)23-21(28)24-20(26)15-7-8-19(27-2)16(22)13-15/h3-8,13-14H,9-12H2,1-2H3,(H2,23,24,26,28). The summed E-state index contributed by atoms with van der Waals surface area (Å²) in [6.07, 6.45) is 2.35. The summed E-state index contributed by atoms with van der Waals surface area (Å²) in [5.41, 5.74) is 2.39. The van der Waals surface area contributed by atoms with Crippen molar-refractivity contribution in [2.45, 2.75) is 19.8 Å². The molecule has 0 bridgehead atoms. The molecule has 28 heavy (non-hydrogen) atoms. The van der Waals surface area contributed by atoms with Crippen molar-refractivity contribution in [1.29, 1.82) is 0 Å². The van der Waals surface area contributed by atoms with E-state index in [1.54, 1.807) is 18.2 Å². The molecule has 1 heterocycles. The van der Waals surface area contributed by atoms with E-state index in [-0.39, 0.29) is 11.0 Å². The fraction of sp³-hybridized carbons (Fsp3) is 0.333. The second-order valence-electron chi connectivity index (χ2n) is 6.94. The van der Waals surface area contributed by atoms with E-state index in [0.29, 0.717) is 16.3 Å². The van der Waals surface area contributed by atoms with Crippen LogP contribution in [0.25, 0.3) is 0 Å². The first kappa shape index (κ1) is 20.4. The number of anilines is 2. The summed E-state index contributed by atoms with van der Waals surface area (Å²) in [5, 5.41) is 6.49. The zero-order chi connectivity index (χ0) is 20.1. The molecular formula is C21H24ClN3O2S. The number of hydrogen-bond donors (Lipinski definition) is 2. The van der Waals surface area contributed by atoms with Crippen molar-refractivity contribution < 1.29 is 9.53 Å². The van der Waals surface area contributed by atoms with Crippen molar-refractivity contribution in [3.8, 4) is 5.75 Å². The summed E-state index contributed by atoms with van der Waals surface area (Å²) >= 11 is 11.5. The van der Waals surface area contributed by atoms with E-state index in [2.05, 4.69) is 28.5 Å². The third kappa shape index (κ3) is 4.94. The molecule has 1 aliphatic rings. The molecule has 0 saturated carbocycles. The van der Waals surface area contributed by atoms with Crippen LogP contribution in [0.3, 0.4) is 0 Å². The first-order valence-electron chi connectivity index (χ1n) is 9.27. The van der Waals surface area contributed by atoms with Crippen LogP contribution >= 0.6 is 23.8 Å². The van der Waals surface area contributed by atoms with Crippen molar-refractivity contribution in [2.24, 2.45) is 5.92 Å². The summed E-state index contributed by atoms with van der Waals surface area (Å²) in [6, 6.07) is 12.9. The molecule has 0 atom stereocenters. The Morgan fingerprint density at radius 3 is 2.61 bits per heavy atom. The molecule has 1 amide bonds. The number of thiocarbonyl (C=S) groups is 1. The van der Waals surface area contributed by atoms with Crippen LogP contribution in [0.2, 0.25) is 5.02 Å². The summed E-state index contributed by atoms with van der Waals surface area (Å²) < 4.78 is 5.11. The zero-order valence-electron chi connectivity index (χ0n) is 16.0. The molecule has 1 saturated heterocycles. The van der Waals surface area contributed by atoms with E-state index < -0.39 is 0 Å². The molecule has 1 fully saturated rings. The number of carbonyl (C=O) groups excluding carboxylic acids is 1. The number of halogens is 1. The number of nitrogens with one attached hydrogen (secondary N) is 2. The van der Waals surface area contributed by atoms with Crippen LogP contribution in [0.15, 0.2) is 42.5 Å². The summed E-state index contributed by atoms with van der Waals surface area (Å²) in [7, 11) is 1.53. The molecule has 2 aromatic carbocycles. The van der Waals surface area contributed by atoms with Gasteiger partial charge < -0.3 is 15.0 Å². The van der Waals surface area contributed by atoms with E-state index in [4.69, 9.17) is 28.6 Å². The largest absolute Gasteiger partial charge is 0.495 e. The van der Waals surface area contributed by atoms with Gasteiger partial charge in [0.2, 0.25) is 0 Å². The van der Waals surface area contributed by atoms with E-state index in [0.717, 1.165) is 30.4 Å². The maximum absolute atomic E-state index is 12.5. The lowest BCUT2D eigenvalue weighted by Gasteiger charge is -2.33. The highest BCUT2D eigenvalue weighted by Gasteiger charge is 2.19. The smallest absolute Gasteiger partial charge is 0.257 e. The predicted octanol–water partition coefficient (Wildman–Crippen LogP) is 4.71. The minimum Gasteiger partial charge on any atom is -0.495 e. The summed E-state index contributed by atoms with van der Waals surface area (Å²) in [4.78, 5) is 14.8. The lowest BCUT2D eigenvalue weighted by molar-refractivity contribution is 0.0977. The highest BCUT2D eigenvalue weighted by Crippen LogP contribution is 2.29. The highest BCUT2D eigenvalue weighted by atomic mass is 35.5. The summed E-state index contributed by atoms with van der Waals surface area (Å²) in [6.45, 7) is 4.32. The molecule has 0 aliphatic carbocycles. The van der Waals surface area contributed by atoms with E-state index in [1.807, 2.05) is 18.2 Å². The quantitative estimate of drug-likeness (QED) is 0.705.